The third kappa shape index (κ3) is 6.93. The van der Waals surface area contributed by atoms with Crippen LogP contribution in [0.4, 0.5) is 0 Å². The molecule has 6 saturated carbocycles. The molecule has 0 radical (unpaired) electrons. The van der Waals surface area contributed by atoms with Gasteiger partial charge in [-0.3, -0.25) is 0 Å². The predicted molar refractivity (Wildman–Crippen MR) is 192 cm³/mol. The van der Waals surface area contributed by atoms with E-state index in [0.717, 1.165) is 23.7 Å². The minimum Gasteiger partial charge on any atom is -0.393 e. The minimum absolute atomic E-state index is 0.0966. The number of hydrogen-bond donors (Lipinski definition) is 2. The second-order valence-corrected chi connectivity index (χ2v) is 18.2. The standard InChI is InChI=1S/C44H70O2/c1-44(35-25-15-6-16-26-35,36-27-38(31-17-7-2-8-18-31)42(45)39(28-36)32-19-9-3-10-20-32)37-29-40(33-21-11-4-12-22-33)43(46)41(30-37)34-23-13-5-14-24-34/h6,15-16,25-26,31-34,36-43,45-46H,2-5,7-14,17-24,27-30H2,1H3. The van der Waals surface area contributed by atoms with Crippen LogP contribution in [0.5, 0.6) is 0 Å². The van der Waals surface area contributed by atoms with Gasteiger partial charge in [-0.15, -0.1) is 0 Å². The monoisotopic (exact) mass is 631 g/mol. The molecular weight excluding hydrogens is 560 g/mol. The summed E-state index contributed by atoms with van der Waals surface area (Å²) in [7, 11) is 0. The first kappa shape index (κ1) is 33.6. The number of benzene rings is 1. The van der Waals surface area contributed by atoms with E-state index >= 15 is 0 Å². The smallest absolute Gasteiger partial charge is 0.0602 e. The third-order valence-corrected chi connectivity index (χ3v) is 16.1. The van der Waals surface area contributed by atoms with Crippen LogP contribution in [0.3, 0.4) is 0 Å². The van der Waals surface area contributed by atoms with Gasteiger partial charge in [-0.1, -0.05) is 166 Å². The summed E-state index contributed by atoms with van der Waals surface area (Å²) in [6.45, 7) is 2.72. The molecule has 4 unspecified atom stereocenters. The zero-order chi connectivity index (χ0) is 31.5. The second kappa shape index (κ2) is 15.4. The lowest BCUT2D eigenvalue weighted by Gasteiger charge is -2.57. The highest BCUT2D eigenvalue weighted by molar-refractivity contribution is 5.28. The first-order valence-corrected chi connectivity index (χ1v) is 21.0. The maximum atomic E-state index is 12.3. The molecular formula is C44H70O2. The highest BCUT2D eigenvalue weighted by Crippen LogP contribution is 2.59. The molecule has 0 amide bonds. The second-order valence-electron chi connectivity index (χ2n) is 18.2. The van der Waals surface area contributed by atoms with Gasteiger partial charge in [-0.2, -0.15) is 0 Å². The molecule has 1 aromatic rings. The van der Waals surface area contributed by atoms with E-state index in [9.17, 15) is 10.2 Å². The van der Waals surface area contributed by atoms with E-state index in [-0.39, 0.29) is 17.6 Å². The summed E-state index contributed by atoms with van der Waals surface area (Å²) < 4.78 is 0. The van der Waals surface area contributed by atoms with E-state index in [1.54, 1.807) is 5.56 Å². The van der Waals surface area contributed by atoms with Gasteiger partial charge in [0.05, 0.1) is 12.2 Å². The summed E-state index contributed by atoms with van der Waals surface area (Å²) >= 11 is 0. The van der Waals surface area contributed by atoms with Crippen LogP contribution >= 0.6 is 0 Å². The molecule has 258 valence electrons. The van der Waals surface area contributed by atoms with Crippen LogP contribution in [-0.2, 0) is 5.41 Å². The SMILES string of the molecule is CC(c1ccccc1)(C1CC(C2CCCCC2)C(O)C(C2CCCCC2)C1)C1CC(C2CCCCC2)C(O)C(C2CCCCC2)C1. The molecule has 7 rings (SSSR count). The lowest BCUT2D eigenvalue weighted by atomic mass is 9.48. The Balaban J connectivity index is 1.27. The molecule has 2 nitrogen and oxygen atoms in total. The average molecular weight is 631 g/mol. The van der Waals surface area contributed by atoms with E-state index in [1.807, 2.05) is 0 Å². The Morgan fingerprint density at radius 2 is 0.717 bits per heavy atom. The zero-order valence-corrected chi connectivity index (χ0v) is 29.7. The van der Waals surface area contributed by atoms with E-state index in [2.05, 4.69) is 37.3 Å². The molecule has 0 bridgehead atoms. The van der Waals surface area contributed by atoms with Crippen LogP contribution in [0.2, 0.25) is 0 Å². The van der Waals surface area contributed by atoms with Gasteiger partial charge < -0.3 is 10.2 Å². The highest BCUT2D eigenvalue weighted by atomic mass is 16.3. The van der Waals surface area contributed by atoms with E-state index in [0.29, 0.717) is 35.5 Å². The molecule has 2 N–H and O–H groups in total. The Hall–Kier alpha value is -0.860. The van der Waals surface area contributed by atoms with Gasteiger partial charge in [0.1, 0.15) is 0 Å². The summed E-state index contributed by atoms with van der Waals surface area (Å²) in [6, 6.07) is 11.8. The summed E-state index contributed by atoms with van der Waals surface area (Å²) in [6.07, 6.45) is 32.0. The Kier molecular flexibility index (Phi) is 11.2. The first-order chi connectivity index (χ1) is 22.5. The van der Waals surface area contributed by atoms with Crippen molar-refractivity contribution in [3.8, 4) is 0 Å². The molecule has 0 heterocycles. The zero-order valence-electron chi connectivity index (χ0n) is 29.7. The molecule has 1 aromatic carbocycles. The summed E-state index contributed by atoms with van der Waals surface area (Å²) in [4.78, 5) is 0. The maximum absolute atomic E-state index is 12.3. The van der Waals surface area contributed by atoms with Crippen LogP contribution in [-0.4, -0.2) is 22.4 Å². The molecule has 0 aromatic heterocycles. The molecule has 46 heavy (non-hydrogen) atoms. The van der Waals surface area contributed by atoms with Gasteiger partial charge in [0.15, 0.2) is 0 Å². The van der Waals surface area contributed by atoms with Crippen molar-refractivity contribution in [2.75, 3.05) is 0 Å². The van der Waals surface area contributed by atoms with Crippen molar-refractivity contribution in [3.63, 3.8) is 0 Å². The van der Waals surface area contributed by atoms with Crippen LogP contribution in [0, 0.1) is 59.2 Å². The number of aliphatic hydroxyl groups excluding tert-OH is 2. The molecule has 6 aliphatic carbocycles. The normalized spacial score (nSPS) is 39.5. The average Bonchev–Trinajstić information content (AvgIpc) is 3.13. The molecule has 4 atom stereocenters. The Labute approximate surface area is 283 Å². The minimum atomic E-state index is -0.0966. The molecule has 0 aliphatic heterocycles. The Morgan fingerprint density at radius 3 is 1.00 bits per heavy atom. The maximum Gasteiger partial charge on any atom is 0.0602 e. The molecule has 0 saturated heterocycles. The van der Waals surface area contributed by atoms with Gasteiger partial charge in [0, 0.05) is 0 Å². The summed E-state index contributed by atoms with van der Waals surface area (Å²) in [5, 5.41) is 24.6. The fourth-order valence-electron chi connectivity index (χ4n) is 13.4. The number of hydrogen-bond acceptors (Lipinski definition) is 2. The van der Waals surface area contributed by atoms with Crippen molar-refractivity contribution in [2.45, 2.75) is 179 Å². The lowest BCUT2D eigenvalue weighted by Crippen LogP contribution is -2.54. The largest absolute Gasteiger partial charge is 0.393 e. The van der Waals surface area contributed by atoms with Crippen LogP contribution < -0.4 is 0 Å². The van der Waals surface area contributed by atoms with Crippen molar-refractivity contribution >= 4 is 0 Å². The van der Waals surface area contributed by atoms with Crippen LogP contribution in [0.1, 0.15) is 167 Å². The highest BCUT2D eigenvalue weighted by Gasteiger charge is 2.55. The predicted octanol–water partition coefficient (Wildman–Crippen LogP) is 11.3. The molecule has 6 aliphatic rings. The van der Waals surface area contributed by atoms with Gasteiger partial charge >= 0.3 is 0 Å². The van der Waals surface area contributed by atoms with Crippen LogP contribution in [0.25, 0.3) is 0 Å². The van der Waals surface area contributed by atoms with Gasteiger partial charge in [0.2, 0.25) is 0 Å². The van der Waals surface area contributed by atoms with Crippen molar-refractivity contribution in [1.29, 1.82) is 0 Å². The molecule has 0 spiro atoms. The van der Waals surface area contributed by atoms with Gasteiger partial charge in [0.25, 0.3) is 0 Å². The van der Waals surface area contributed by atoms with Crippen molar-refractivity contribution in [2.24, 2.45) is 59.2 Å². The third-order valence-electron chi connectivity index (χ3n) is 16.1. The number of rotatable bonds is 7. The van der Waals surface area contributed by atoms with Crippen molar-refractivity contribution in [1.82, 2.24) is 0 Å². The van der Waals surface area contributed by atoms with E-state index < -0.39 is 0 Å². The van der Waals surface area contributed by atoms with Gasteiger partial charge in [-0.05, 0) is 95.8 Å². The Bertz CT molecular complexity index is 925. The molecule has 2 heteroatoms. The lowest BCUT2D eigenvalue weighted by molar-refractivity contribution is -0.104. The number of aliphatic hydroxyl groups is 2. The van der Waals surface area contributed by atoms with Crippen molar-refractivity contribution in [3.05, 3.63) is 35.9 Å². The summed E-state index contributed by atoms with van der Waals surface area (Å²) in [5.74, 6) is 6.03. The summed E-state index contributed by atoms with van der Waals surface area (Å²) in [5.41, 5.74) is 1.67. The van der Waals surface area contributed by atoms with E-state index in [1.165, 1.54) is 154 Å². The first-order valence-electron chi connectivity index (χ1n) is 21.0. The van der Waals surface area contributed by atoms with Crippen LogP contribution in [0.15, 0.2) is 30.3 Å². The fourth-order valence-corrected chi connectivity index (χ4v) is 13.4. The van der Waals surface area contributed by atoms with Gasteiger partial charge in [-0.25, -0.2) is 0 Å². The Morgan fingerprint density at radius 1 is 0.435 bits per heavy atom. The van der Waals surface area contributed by atoms with Crippen molar-refractivity contribution < 1.29 is 10.2 Å². The topological polar surface area (TPSA) is 40.5 Å². The molecule has 6 fully saturated rings. The fraction of sp³-hybridized carbons (Fsp3) is 0.864. The van der Waals surface area contributed by atoms with E-state index in [4.69, 9.17) is 0 Å². The quantitative estimate of drug-likeness (QED) is 0.315.